The van der Waals surface area contributed by atoms with Gasteiger partial charge in [-0.3, -0.25) is 4.79 Å². The summed E-state index contributed by atoms with van der Waals surface area (Å²) in [6, 6.07) is 2.94. The van der Waals surface area contributed by atoms with E-state index < -0.39 is 17.7 Å². The van der Waals surface area contributed by atoms with E-state index in [4.69, 9.17) is 13.9 Å². The molecule has 0 aromatic carbocycles. The highest BCUT2D eigenvalue weighted by molar-refractivity contribution is 5.88. The van der Waals surface area contributed by atoms with Crippen LogP contribution in [-0.2, 0) is 20.9 Å². The Kier molecular flexibility index (Phi) is 7.81. The SMILES string of the molecule is CCCCC(NC(=O)OC(C)(C)C)C(=O)COCc1ccco1. The van der Waals surface area contributed by atoms with Crippen molar-refractivity contribution in [3.63, 3.8) is 0 Å². The molecule has 1 aromatic heterocycles. The maximum absolute atomic E-state index is 12.3. The summed E-state index contributed by atoms with van der Waals surface area (Å²) in [5, 5.41) is 2.64. The van der Waals surface area contributed by atoms with E-state index >= 15 is 0 Å². The van der Waals surface area contributed by atoms with Crippen LogP contribution in [0.2, 0.25) is 0 Å². The van der Waals surface area contributed by atoms with Crippen molar-refractivity contribution in [3.05, 3.63) is 24.2 Å². The zero-order chi connectivity index (χ0) is 17.3. The summed E-state index contributed by atoms with van der Waals surface area (Å²) >= 11 is 0. The topological polar surface area (TPSA) is 77.8 Å². The van der Waals surface area contributed by atoms with Crippen molar-refractivity contribution < 1.29 is 23.5 Å². The van der Waals surface area contributed by atoms with Crippen molar-refractivity contribution in [2.75, 3.05) is 6.61 Å². The normalized spacial score (nSPS) is 12.7. The van der Waals surface area contributed by atoms with E-state index in [0.29, 0.717) is 12.2 Å². The Morgan fingerprint density at radius 3 is 2.65 bits per heavy atom. The molecule has 1 N–H and O–H groups in total. The van der Waals surface area contributed by atoms with Crippen LogP contribution >= 0.6 is 0 Å². The molecule has 0 aliphatic carbocycles. The van der Waals surface area contributed by atoms with E-state index in [1.54, 1.807) is 39.2 Å². The first-order valence-corrected chi connectivity index (χ1v) is 7.94. The molecule has 0 aliphatic rings. The lowest BCUT2D eigenvalue weighted by Gasteiger charge is -2.23. The number of amides is 1. The zero-order valence-corrected chi connectivity index (χ0v) is 14.4. The van der Waals surface area contributed by atoms with E-state index in [1.165, 1.54) is 0 Å². The molecular formula is C17H27NO5. The lowest BCUT2D eigenvalue weighted by atomic mass is 10.1. The monoisotopic (exact) mass is 325 g/mol. The van der Waals surface area contributed by atoms with E-state index in [2.05, 4.69) is 5.32 Å². The summed E-state index contributed by atoms with van der Waals surface area (Å²) < 4.78 is 15.7. The molecule has 1 aromatic rings. The Bertz CT molecular complexity index is 476. The van der Waals surface area contributed by atoms with Crippen molar-refractivity contribution in [2.45, 2.75) is 65.2 Å². The number of Topliss-reactive ketones (excluding diaryl/α,β-unsaturated/α-hetero) is 1. The number of rotatable bonds is 9. The summed E-state index contributed by atoms with van der Waals surface area (Å²) in [4.78, 5) is 24.1. The second-order valence-electron chi connectivity index (χ2n) is 6.38. The Balaban J connectivity index is 2.47. The van der Waals surface area contributed by atoms with Crippen LogP contribution in [0.5, 0.6) is 0 Å². The largest absolute Gasteiger partial charge is 0.467 e. The van der Waals surface area contributed by atoms with E-state index in [1.807, 2.05) is 6.92 Å². The average Bonchev–Trinajstić information content (AvgIpc) is 2.94. The second-order valence-corrected chi connectivity index (χ2v) is 6.38. The first-order valence-electron chi connectivity index (χ1n) is 7.94. The number of alkyl carbamates (subject to hydrolysis) is 1. The maximum atomic E-state index is 12.3. The van der Waals surface area contributed by atoms with Gasteiger partial charge < -0.3 is 19.2 Å². The summed E-state index contributed by atoms with van der Waals surface area (Å²) in [6.07, 6.45) is 3.31. The Hall–Kier alpha value is -1.82. The molecule has 0 spiro atoms. The molecule has 0 fully saturated rings. The van der Waals surface area contributed by atoms with Gasteiger partial charge in [-0.2, -0.15) is 0 Å². The number of hydrogen-bond acceptors (Lipinski definition) is 5. The third kappa shape index (κ3) is 8.40. The number of furan rings is 1. The van der Waals surface area contributed by atoms with Crippen molar-refractivity contribution in [1.29, 1.82) is 0 Å². The summed E-state index contributed by atoms with van der Waals surface area (Å²) in [5.41, 5.74) is -0.599. The Morgan fingerprint density at radius 1 is 1.35 bits per heavy atom. The van der Waals surface area contributed by atoms with Gasteiger partial charge in [-0.1, -0.05) is 19.8 Å². The summed E-state index contributed by atoms with van der Waals surface area (Å²) in [6.45, 7) is 7.52. The molecule has 0 bridgehead atoms. The van der Waals surface area contributed by atoms with Gasteiger partial charge in [0.1, 0.15) is 24.6 Å². The number of nitrogens with one attached hydrogen (secondary N) is 1. The van der Waals surface area contributed by atoms with Crippen LogP contribution in [0.25, 0.3) is 0 Å². The molecule has 23 heavy (non-hydrogen) atoms. The third-order valence-corrected chi connectivity index (χ3v) is 2.99. The minimum absolute atomic E-state index is 0.0785. The molecule has 1 rings (SSSR count). The molecular weight excluding hydrogens is 298 g/mol. The van der Waals surface area contributed by atoms with Crippen LogP contribution in [0, 0.1) is 0 Å². The van der Waals surface area contributed by atoms with Crippen LogP contribution in [0.1, 0.15) is 52.7 Å². The number of carbonyl (C=O) groups is 2. The van der Waals surface area contributed by atoms with Crippen molar-refractivity contribution in [1.82, 2.24) is 5.32 Å². The van der Waals surface area contributed by atoms with Gasteiger partial charge in [0.15, 0.2) is 5.78 Å². The first kappa shape index (κ1) is 19.2. The number of hydrogen-bond donors (Lipinski definition) is 1. The quantitative estimate of drug-likeness (QED) is 0.752. The molecule has 1 atom stereocenters. The van der Waals surface area contributed by atoms with Gasteiger partial charge >= 0.3 is 6.09 Å². The highest BCUT2D eigenvalue weighted by atomic mass is 16.6. The van der Waals surface area contributed by atoms with Gasteiger partial charge in [-0.15, -0.1) is 0 Å². The average molecular weight is 325 g/mol. The van der Waals surface area contributed by atoms with E-state index in [0.717, 1.165) is 12.8 Å². The predicted octanol–water partition coefficient (Wildman–Crippen LogP) is 3.45. The Morgan fingerprint density at radius 2 is 2.09 bits per heavy atom. The minimum Gasteiger partial charge on any atom is -0.467 e. The van der Waals surface area contributed by atoms with Gasteiger partial charge in [-0.05, 0) is 39.3 Å². The third-order valence-electron chi connectivity index (χ3n) is 2.99. The lowest BCUT2D eigenvalue weighted by Crippen LogP contribution is -2.44. The first-order chi connectivity index (χ1) is 10.8. The Labute approximate surface area is 137 Å². The van der Waals surface area contributed by atoms with Crippen LogP contribution in [-0.4, -0.2) is 30.1 Å². The van der Waals surface area contributed by atoms with Crippen molar-refractivity contribution in [3.8, 4) is 0 Å². The zero-order valence-electron chi connectivity index (χ0n) is 14.4. The van der Waals surface area contributed by atoms with Crippen molar-refractivity contribution in [2.24, 2.45) is 0 Å². The lowest BCUT2D eigenvalue weighted by molar-refractivity contribution is -0.126. The predicted molar refractivity (Wildman–Crippen MR) is 86.1 cm³/mol. The highest BCUT2D eigenvalue weighted by Gasteiger charge is 2.23. The van der Waals surface area contributed by atoms with Gasteiger partial charge in [0, 0.05) is 0 Å². The smallest absolute Gasteiger partial charge is 0.408 e. The van der Waals surface area contributed by atoms with Gasteiger partial charge in [-0.25, -0.2) is 4.79 Å². The molecule has 1 heterocycles. The van der Waals surface area contributed by atoms with E-state index in [9.17, 15) is 9.59 Å². The molecule has 6 nitrogen and oxygen atoms in total. The van der Waals surface area contributed by atoms with Crippen LogP contribution in [0.3, 0.4) is 0 Å². The standard InChI is InChI=1S/C17H27NO5/c1-5-6-9-14(18-16(20)23-17(2,3)4)15(19)12-21-11-13-8-7-10-22-13/h7-8,10,14H,5-6,9,11-12H2,1-4H3,(H,18,20). The number of unbranched alkanes of at least 4 members (excludes halogenated alkanes) is 1. The fourth-order valence-electron chi connectivity index (χ4n) is 1.92. The summed E-state index contributed by atoms with van der Waals surface area (Å²) in [5.74, 6) is 0.485. The highest BCUT2D eigenvalue weighted by Crippen LogP contribution is 2.09. The van der Waals surface area contributed by atoms with Crippen LogP contribution in [0.15, 0.2) is 22.8 Å². The molecule has 0 saturated carbocycles. The maximum Gasteiger partial charge on any atom is 0.408 e. The number of ether oxygens (including phenoxy) is 2. The fraction of sp³-hybridized carbons (Fsp3) is 0.647. The van der Waals surface area contributed by atoms with Gasteiger partial charge in [0.05, 0.1) is 12.3 Å². The molecule has 6 heteroatoms. The fourth-order valence-corrected chi connectivity index (χ4v) is 1.92. The van der Waals surface area contributed by atoms with Crippen LogP contribution < -0.4 is 5.32 Å². The molecule has 0 aliphatic heterocycles. The van der Waals surface area contributed by atoms with Crippen molar-refractivity contribution >= 4 is 11.9 Å². The number of carbonyl (C=O) groups excluding carboxylic acids is 2. The van der Waals surface area contributed by atoms with Crippen LogP contribution in [0.4, 0.5) is 4.79 Å². The molecule has 130 valence electrons. The molecule has 1 unspecified atom stereocenters. The van der Waals surface area contributed by atoms with Gasteiger partial charge in [0.25, 0.3) is 0 Å². The molecule has 0 saturated heterocycles. The number of ketones is 1. The van der Waals surface area contributed by atoms with Gasteiger partial charge in [0.2, 0.25) is 0 Å². The second kappa shape index (κ2) is 9.35. The van der Waals surface area contributed by atoms with E-state index in [-0.39, 0.29) is 19.0 Å². The molecule has 0 radical (unpaired) electrons. The molecule has 1 amide bonds. The summed E-state index contributed by atoms with van der Waals surface area (Å²) in [7, 11) is 0. The minimum atomic E-state index is -0.599.